The first-order valence-corrected chi connectivity index (χ1v) is 5.85. The van der Waals surface area contributed by atoms with Crippen molar-refractivity contribution in [2.75, 3.05) is 13.1 Å². The van der Waals surface area contributed by atoms with E-state index in [1.165, 1.54) is 0 Å². The average molecular weight is 252 g/mol. The second-order valence-corrected chi connectivity index (χ2v) is 4.39. The van der Waals surface area contributed by atoms with Gasteiger partial charge in [-0.05, 0) is 19.1 Å². The molecule has 1 aromatic rings. The fourth-order valence-electron chi connectivity index (χ4n) is 2.11. The smallest absolute Gasteiger partial charge is 0.305 e. The number of nitrogens with zero attached hydrogens (tertiary/aromatic N) is 1. The molecule has 98 valence electrons. The molecule has 1 atom stereocenters. The second-order valence-electron chi connectivity index (χ2n) is 4.39. The Balaban J connectivity index is 2.07. The van der Waals surface area contributed by atoms with Crippen molar-refractivity contribution in [1.29, 1.82) is 0 Å². The van der Waals surface area contributed by atoms with Gasteiger partial charge < -0.3 is 14.8 Å². The standard InChI is InChI=1S/C12H16N2O4/c1-8-2-3-9(18-8)7-14-5-4-13-12(17)10(14)6-11(15)16/h2-3,10H,4-7H2,1H3,(H,13,17)(H,15,16)/t10-/m0/s1. The lowest BCUT2D eigenvalue weighted by atomic mass is 10.1. The second kappa shape index (κ2) is 5.22. The summed E-state index contributed by atoms with van der Waals surface area (Å²) < 4.78 is 5.45. The Kier molecular flexibility index (Phi) is 3.66. The van der Waals surface area contributed by atoms with Gasteiger partial charge in [0.05, 0.1) is 13.0 Å². The first-order chi connectivity index (χ1) is 8.56. The molecule has 1 amide bonds. The van der Waals surface area contributed by atoms with E-state index in [1.807, 2.05) is 24.0 Å². The number of carboxylic acid groups (broad SMARTS) is 1. The summed E-state index contributed by atoms with van der Waals surface area (Å²) in [4.78, 5) is 24.3. The highest BCUT2D eigenvalue weighted by atomic mass is 16.4. The first-order valence-electron chi connectivity index (χ1n) is 5.85. The van der Waals surface area contributed by atoms with Crippen LogP contribution in [-0.4, -0.2) is 41.0 Å². The van der Waals surface area contributed by atoms with Crippen molar-refractivity contribution in [3.05, 3.63) is 23.7 Å². The van der Waals surface area contributed by atoms with Crippen LogP contribution in [0.1, 0.15) is 17.9 Å². The van der Waals surface area contributed by atoms with Crippen LogP contribution in [0.15, 0.2) is 16.5 Å². The molecule has 2 heterocycles. The predicted octanol–water partition coefficient (Wildman–Crippen LogP) is 0.363. The van der Waals surface area contributed by atoms with Gasteiger partial charge in [-0.1, -0.05) is 0 Å². The Hall–Kier alpha value is -1.82. The molecule has 6 heteroatoms. The number of amides is 1. The third-order valence-electron chi connectivity index (χ3n) is 2.96. The number of hydrogen-bond donors (Lipinski definition) is 2. The summed E-state index contributed by atoms with van der Waals surface area (Å²) in [6, 6.07) is 3.08. The number of furan rings is 1. The molecule has 0 bridgehead atoms. The lowest BCUT2D eigenvalue weighted by Gasteiger charge is -2.33. The number of nitrogens with one attached hydrogen (secondary N) is 1. The molecular formula is C12H16N2O4. The minimum absolute atomic E-state index is 0.189. The van der Waals surface area contributed by atoms with Crippen LogP contribution in [0.3, 0.4) is 0 Å². The normalized spacial score (nSPS) is 20.7. The van der Waals surface area contributed by atoms with Crippen LogP contribution in [0.2, 0.25) is 0 Å². The maximum Gasteiger partial charge on any atom is 0.305 e. The highest BCUT2D eigenvalue weighted by molar-refractivity contribution is 5.86. The molecule has 2 N–H and O–H groups in total. The number of aryl methyl sites for hydroxylation is 1. The summed E-state index contributed by atoms with van der Waals surface area (Å²) in [6.45, 7) is 3.47. The van der Waals surface area contributed by atoms with Gasteiger partial charge in [-0.25, -0.2) is 0 Å². The van der Waals surface area contributed by atoms with Crippen LogP contribution in [-0.2, 0) is 16.1 Å². The monoisotopic (exact) mass is 252 g/mol. The maximum atomic E-state index is 11.7. The lowest BCUT2D eigenvalue weighted by Crippen LogP contribution is -2.55. The molecule has 18 heavy (non-hydrogen) atoms. The fraction of sp³-hybridized carbons (Fsp3) is 0.500. The van der Waals surface area contributed by atoms with Gasteiger partial charge in [-0.2, -0.15) is 0 Å². The SMILES string of the molecule is Cc1ccc(CN2CCNC(=O)[C@@H]2CC(=O)O)o1. The third-order valence-corrected chi connectivity index (χ3v) is 2.96. The van der Waals surface area contributed by atoms with Crippen LogP contribution < -0.4 is 5.32 Å². The highest BCUT2D eigenvalue weighted by Gasteiger charge is 2.31. The van der Waals surface area contributed by atoms with Gasteiger partial charge in [0.1, 0.15) is 17.6 Å². The Morgan fingerprint density at radius 2 is 2.39 bits per heavy atom. The van der Waals surface area contributed by atoms with E-state index in [4.69, 9.17) is 9.52 Å². The summed E-state index contributed by atoms with van der Waals surface area (Å²) in [5, 5.41) is 11.5. The van der Waals surface area contributed by atoms with E-state index in [9.17, 15) is 9.59 Å². The molecule has 1 aromatic heterocycles. The molecule has 1 aliphatic heterocycles. The zero-order chi connectivity index (χ0) is 13.1. The van der Waals surface area contributed by atoms with Crippen LogP contribution in [0, 0.1) is 6.92 Å². The van der Waals surface area contributed by atoms with Crippen LogP contribution >= 0.6 is 0 Å². The molecule has 6 nitrogen and oxygen atoms in total. The van der Waals surface area contributed by atoms with E-state index in [0.717, 1.165) is 11.5 Å². The van der Waals surface area contributed by atoms with Gasteiger partial charge in [0.2, 0.25) is 5.91 Å². The Morgan fingerprint density at radius 3 is 3.00 bits per heavy atom. The molecule has 0 aliphatic carbocycles. The number of hydrogen-bond acceptors (Lipinski definition) is 4. The van der Waals surface area contributed by atoms with Crippen molar-refractivity contribution in [2.45, 2.75) is 25.9 Å². The van der Waals surface area contributed by atoms with Crippen LogP contribution in [0.5, 0.6) is 0 Å². The van der Waals surface area contributed by atoms with E-state index in [-0.39, 0.29) is 12.3 Å². The summed E-state index contributed by atoms with van der Waals surface area (Å²) in [6.07, 6.45) is -0.189. The predicted molar refractivity (Wildman–Crippen MR) is 62.9 cm³/mol. The number of piperazine rings is 1. The van der Waals surface area contributed by atoms with Gasteiger partial charge in [0, 0.05) is 13.1 Å². The Morgan fingerprint density at radius 1 is 1.61 bits per heavy atom. The van der Waals surface area contributed by atoms with Crippen LogP contribution in [0.4, 0.5) is 0 Å². The number of aliphatic carboxylic acids is 1. The number of carbonyl (C=O) groups is 2. The van der Waals surface area contributed by atoms with Crippen molar-refractivity contribution >= 4 is 11.9 Å². The van der Waals surface area contributed by atoms with Gasteiger partial charge in [-0.15, -0.1) is 0 Å². The summed E-state index contributed by atoms with van der Waals surface area (Å²) in [5.41, 5.74) is 0. The topological polar surface area (TPSA) is 82.8 Å². The minimum atomic E-state index is -0.974. The van der Waals surface area contributed by atoms with Crippen LogP contribution in [0.25, 0.3) is 0 Å². The fourth-order valence-corrected chi connectivity index (χ4v) is 2.11. The maximum absolute atomic E-state index is 11.7. The average Bonchev–Trinajstić information content (AvgIpc) is 2.69. The summed E-state index contributed by atoms with van der Waals surface area (Å²) in [7, 11) is 0. The number of rotatable bonds is 4. The molecule has 0 saturated carbocycles. The number of carboxylic acids is 1. The molecule has 0 unspecified atom stereocenters. The van der Waals surface area contributed by atoms with Gasteiger partial charge in [-0.3, -0.25) is 14.5 Å². The van der Waals surface area contributed by atoms with Crippen molar-refractivity contribution in [1.82, 2.24) is 10.2 Å². The Labute approximate surface area is 105 Å². The largest absolute Gasteiger partial charge is 0.481 e. The molecule has 0 spiro atoms. The number of carbonyl (C=O) groups excluding carboxylic acids is 1. The zero-order valence-corrected chi connectivity index (χ0v) is 10.2. The van der Waals surface area contributed by atoms with E-state index < -0.39 is 12.0 Å². The van der Waals surface area contributed by atoms with E-state index in [1.54, 1.807) is 0 Å². The third kappa shape index (κ3) is 2.89. The van der Waals surface area contributed by atoms with E-state index >= 15 is 0 Å². The quantitative estimate of drug-likeness (QED) is 0.808. The molecule has 1 aliphatic rings. The minimum Gasteiger partial charge on any atom is -0.481 e. The van der Waals surface area contributed by atoms with E-state index in [2.05, 4.69) is 5.32 Å². The van der Waals surface area contributed by atoms with Crippen molar-refractivity contribution < 1.29 is 19.1 Å². The molecule has 1 saturated heterocycles. The van der Waals surface area contributed by atoms with Gasteiger partial charge in [0.25, 0.3) is 0 Å². The highest BCUT2D eigenvalue weighted by Crippen LogP contribution is 2.15. The molecular weight excluding hydrogens is 236 g/mol. The molecule has 0 radical (unpaired) electrons. The van der Waals surface area contributed by atoms with Crippen molar-refractivity contribution in [3.63, 3.8) is 0 Å². The molecule has 2 rings (SSSR count). The van der Waals surface area contributed by atoms with E-state index in [0.29, 0.717) is 19.6 Å². The van der Waals surface area contributed by atoms with Gasteiger partial charge >= 0.3 is 5.97 Å². The summed E-state index contributed by atoms with van der Waals surface area (Å²) in [5.74, 6) is 0.350. The summed E-state index contributed by atoms with van der Waals surface area (Å²) >= 11 is 0. The molecule has 0 aromatic carbocycles. The first kappa shape index (κ1) is 12.6. The van der Waals surface area contributed by atoms with Crippen molar-refractivity contribution in [2.24, 2.45) is 0 Å². The zero-order valence-electron chi connectivity index (χ0n) is 10.2. The van der Waals surface area contributed by atoms with Crippen molar-refractivity contribution in [3.8, 4) is 0 Å². The lowest BCUT2D eigenvalue weighted by molar-refractivity contribution is -0.143. The Bertz CT molecular complexity index is 455. The molecule has 1 fully saturated rings. The van der Waals surface area contributed by atoms with Gasteiger partial charge in [0.15, 0.2) is 0 Å².